The Morgan fingerprint density at radius 2 is 1.85 bits per heavy atom. The molecule has 0 bridgehead atoms. The van der Waals surface area contributed by atoms with Crippen molar-refractivity contribution in [3.8, 4) is 0 Å². The highest BCUT2D eigenvalue weighted by Gasteiger charge is 2.34. The number of ether oxygens (including phenoxy) is 1. The van der Waals surface area contributed by atoms with Gasteiger partial charge in [-0.05, 0) is 36.6 Å². The van der Waals surface area contributed by atoms with Crippen molar-refractivity contribution in [3.63, 3.8) is 0 Å². The van der Waals surface area contributed by atoms with Crippen molar-refractivity contribution < 1.29 is 14.3 Å². The molecule has 2 aliphatic rings. The zero-order chi connectivity index (χ0) is 23.2. The van der Waals surface area contributed by atoms with Crippen molar-refractivity contribution in [2.45, 2.75) is 26.3 Å². The van der Waals surface area contributed by atoms with Gasteiger partial charge in [0.25, 0.3) is 0 Å². The van der Waals surface area contributed by atoms with Crippen LogP contribution in [0.1, 0.15) is 31.0 Å². The predicted octanol–water partition coefficient (Wildman–Crippen LogP) is 2.64. The van der Waals surface area contributed by atoms with Crippen LogP contribution in [0.2, 0.25) is 0 Å². The second-order valence-electron chi connectivity index (χ2n) is 8.19. The Bertz CT molecular complexity index is 998. The first-order chi connectivity index (χ1) is 16.1. The van der Waals surface area contributed by atoms with Crippen molar-refractivity contribution in [1.29, 1.82) is 0 Å². The molecule has 1 fully saturated rings. The molecule has 0 aliphatic carbocycles. The molecule has 2 N–H and O–H groups in total. The Balaban J connectivity index is 1.56. The smallest absolute Gasteiger partial charge is 0.338 e. The van der Waals surface area contributed by atoms with Crippen LogP contribution in [0.15, 0.2) is 59.9 Å². The molecule has 174 valence electrons. The van der Waals surface area contributed by atoms with Crippen LogP contribution in [0, 0.1) is 0 Å². The molecule has 0 unspecified atom stereocenters. The van der Waals surface area contributed by atoms with Gasteiger partial charge < -0.3 is 20.3 Å². The third-order valence-corrected chi connectivity index (χ3v) is 6.10. The Kier molecular flexibility index (Phi) is 7.24. The summed E-state index contributed by atoms with van der Waals surface area (Å²) in [5.74, 6) is 0.561. The predicted molar refractivity (Wildman–Crippen MR) is 127 cm³/mol. The fraction of sp³-hybridized carbons (Fsp3) is 0.400. The van der Waals surface area contributed by atoms with Crippen LogP contribution in [0.3, 0.4) is 0 Å². The zero-order valence-electron chi connectivity index (χ0n) is 19.2. The van der Waals surface area contributed by atoms with Crippen LogP contribution >= 0.6 is 0 Å². The third-order valence-electron chi connectivity index (χ3n) is 6.10. The molecule has 8 nitrogen and oxygen atoms in total. The van der Waals surface area contributed by atoms with Crippen LogP contribution in [0.5, 0.6) is 0 Å². The minimum Gasteiger partial charge on any atom is -0.463 e. The standard InChI is InChI=1S/C25H31N5O3/c1-3-18-8-10-19(11-9-18)23-22(24(31)33-4-2)20(27-25(32)28-23)17-29-13-15-30(16-14-29)21-7-5-6-12-26-21/h5-12,23H,3-4,13-17H2,1-2H3,(H2,27,28,32)/t23-/m1/s1. The quantitative estimate of drug-likeness (QED) is 0.632. The van der Waals surface area contributed by atoms with E-state index >= 15 is 0 Å². The average Bonchev–Trinajstić information content (AvgIpc) is 2.85. The van der Waals surface area contributed by atoms with Crippen LogP contribution in [-0.2, 0) is 16.0 Å². The largest absolute Gasteiger partial charge is 0.463 e. The SMILES string of the molecule is CCOC(=O)C1=C(CN2CCN(c3ccccn3)CC2)NC(=O)N[C@@H]1c1ccc(CC)cc1. The van der Waals surface area contributed by atoms with E-state index in [9.17, 15) is 9.59 Å². The molecule has 4 rings (SSSR count). The Labute approximate surface area is 194 Å². The molecular formula is C25H31N5O3. The number of esters is 1. The van der Waals surface area contributed by atoms with E-state index in [0.29, 0.717) is 17.8 Å². The summed E-state index contributed by atoms with van der Waals surface area (Å²) in [6.07, 6.45) is 2.73. The summed E-state index contributed by atoms with van der Waals surface area (Å²) in [5, 5.41) is 5.79. The van der Waals surface area contributed by atoms with E-state index in [1.165, 1.54) is 5.56 Å². The van der Waals surface area contributed by atoms with Crippen molar-refractivity contribution in [1.82, 2.24) is 20.5 Å². The average molecular weight is 450 g/mol. The van der Waals surface area contributed by atoms with E-state index in [0.717, 1.165) is 44.0 Å². The second-order valence-corrected chi connectivity index (χ2v) is 8.19. The number of aromatic nitrogens is 1. The van der Waals surface area contributed by atoms with Gasteiger partial charge in [0.1, 0.15) is 5.82 Å². The molecule has 2 aliphatic heterocycles. The van der Waals surface area contributed by atoms with Crippen LogP contribution in [0.4, 0.5) is 10.6 Å². The number of anilines is 1. The molecule has 8 heteroatoms. The van der Waals surface area contributed by atoms with Gasteiger partial charge in [-0.25, -0.2) is 14.6 Å². The van der Waals surface area contributed by atoms with Gasteiger partial charge in [0, 0.05) is 44.6 Å². The molecule has 0 radical (unpaired) electrons. The van der Waals surface area contributed by atoms with Crippen LogP contribution in [-0.4, -0.2) is 61.2 Å². The Morgan fingerprint density at radius 3 is 2.48 bits per heavy atom. The summed E-state index contributed by atoms with van der Waals surface area (Å²) in [6, 6.07) is 13.1. The lowest BCUT2D eigenvalue weighted by Gasteiger charge is -2.37. The van der Waals surface area contributed by atoms with E-state index in [2.05, 4.69) is 32.3 Å². The zero-order valence-corrected chi connectivity index (χ0v) is 19.2. The number of nitrogens with zero attached hydrogens (tertiary/aromatic N) is 3. The first-order valence-corrected chi connectivity index (χ1v) is 11.5. The Hall–Kier alpha value is -3.39. The van der Waals surface area contributed by atoms with Crippen molar-refractivity contribution in [3.05, 3.63) is 71.1 Å². The number of rotatable bonds is 7. The first kappa shape index (κ1) is 22.8. The lowest BCUT2D eigenvalue weighted by Crippen LogP contribution is -2.52. The molecule has 1 atom stereocenters. The molecule has 0 spiro atoms. The number of nitrogens with one attached hydrogen (secondary N) is 2. The molecule has 1 aromatic carbocycles. The highest BCUT2D eigenvalue weighted by atomic mass is 16.5. The number of benzene rings is 1. The van der Waals surface area contributed by atoms with E-state index < -0.39 is 12.0 Å². The van der Waals surface area contributed by atoms with Gasteiger partial charge in [0.15, 0.2) is 0 Å². The summed E-state index contributed by atoms with van der Waals surface area (Å²) in [4.78, 5) is 34.5. The molecule has 2 amide bonds. The van der Waals surface area contributed by atoms with E-state index in [1.54, 1.807) is 13.1 Å². The van der Waals surface area contributed by atoms with Gasteiger partial charge in [-0.1, -0.05) is 37.3 Å². The third kappa shape index (κ3) is 5.34. The van der Waals surface area contributed by atoms with Crippen LogP contribution < -0.4 is 15.5 Å². The summed E-state index contributed by atoms with van der Waals surface area (Å²) in [6.45, 7) is 7.88. The molecule has 1 aromatic heterocycles. The fourth-order valence-electron chi connectivity index (χ4n) is 4.29. The van der Waals surface area contributed by atoms with Crippen LogP contribution in [0.25, 0.3) is 0 Å². The lowest BCUT2D eigenvalue weighted by atomic mass is 9.94. The monoisotopic (exact) mass is 449 g/mol. The number of amides is 2. The maximum atomic E-state index is 13.0. The molecule has 33 heavy (non-hydrogen) atoms. The molecule has 0 saturated carbocycles. The number of aryl methyl sites for hydroxylation is 1. The van der Waals surface area contributed by atoms with E-state index in [4.69, 9.17) is 4.74 Å². The number of carbonyl (C=O) groups is 2. The van der Waals surface area contributed by atoms with Gasteiger partial charge >= 0.3 is 12.0 Å². The fourth-order valence-corrected chi connectivity index (χ4v) is 4.29. The maximum absolute atomic E-state index is 13.0. The van der Waals surface area contributed by atoms with E-state index in [-0.39, 0.29) is 12.6 Å². The number of hydrogen-bond donors (Lipinski definition) is 2. The minimum atomic E-state index is -0.548. The number of carbonyl (C=O) groups excluding carboxylic acids is 2. The first-order valence-electron chi connectivity index (χ1n) is 11.5. The number of pyridine rings is 1. The van der Waals surface area contributed by atoms with Crippen molar-refractivity contribution in [2.24, 2.45) is 0 Å². The van der Waals surface area contributed by atoms with Gasteiger partial charge in [0.2, 0.25) is 0 Å². The topological polar surface area (TPSA) is 86.8 Å². The highest BCUT2D eigenvalue weighted by Crippen LogP contribution is 2.29. The summed E-state index contributed by atoms with van der Waals surface area (Å²) < 4.78 is 5.38. The molecular weight excluding hydrogens is 418 g/mol. The van der Waals surface area contributed by atoms with Gasteiger partial charge in [0.05, 0.1) is 18.2 Å². The van der Waals surface area contributed by atoms with E-state index in [1.807, 2.05) is 42.5 Å². The minimum absolute atomic E-state index is 0.272. The Morgan fingerprint density at radius 1 is 1.09 bits per heavy atom. The maximum Gasteiger partial charge on any atom is 0.338 e. The normalized spacial score (nSPS) is 19.2. The lowest BCUT2D eigenvalue weighted by molar-refractivity contribution is -0.139. The highest BCUT2D eigenvalue weighted by molar-refractivity contribution is 5.95. The van der Waals surface area contributed by atoms with Gasteiger partial charge in [-0.2, -0.15) is 0 Å². The number of piperazine rings is 1. The van der Waals surface area contributed by atoms with Gasteiger partial charge in [-0.3, -0.25) is 4.90 Å². The number of hydrogen-bond acceptors (Lipinski definition) is 6. The summed E-state index contributed by atoms with van der Waals surface area (Å²) in [7, 11) is 0. The van der Waals surface area contributed by atoms with Gasteiger partial charge in [-0.15, -0.1) is 0 Å². The van der Waals surface area contributed by atoms with Crippen molar-refractivity contribution >= 4 is 17.8 Å². The second kappa shape index (κ2) is 10.5. The molecule has 3 heterocycles. The summed E-state index contributed by atoms with van der Waals surface area (Å²) >= 11 is 0. The number of urea groups is 1. The van der Waals surface area contributed by atoms with Crippen molar-refractivity contribution in [2.75, 3.05) is 44.2 Å². The molecule has 2 aromatic rings. The molecule has 1 saturated heterocycles. The summed E-state index contributed by atoms with van der Waals surface area (Å²) in [5.41, 5.74) is 3.13.